The van der Waals surface area contributed by atoms with Crippen LogP contribution >= 0.6 is 22.9 Å². The van der Waals surface area contributed by atoms with Crippen molar-refractivity contribution in [1.29, 1.82) is 0 Å². The number of esters is 1. The minimum absolute atomic E-state index is 0.158. The van der Waals surface area contributed by atoms with E-state index in [4.69, 9.17) is 16.3 Å². The Morgan fingerprint density at radius 1 is 1.07 bits per heavy atom. The fraction of sp³-hybridized carbons (Fsp3) is 0. The first kappa shape index (κ1) is 21.2. The van der Waals surface area contributed by atoms with Gasteiger partial charge in [-0.2, -0.15) is 5.10 Å². The average molecular weight is 446 g/mol. The van der Waals surface area contributed by atoms with Gasteiger partial charge in [0.2, 0.25) is 0 Å². The minimum atomic E-state index is -1.04. The number of hydrogen-bond donors (Lipinski definition) is 2. The summed E-state index contributed by atoms with van der Waals surface area (Å²) in [7, 11) is 0. The second kappa shape index (κ2) is 9.77. The number of rotatable bonds is 5. The molecular weight excluding hydrogens is 433 g/mol. The van der Waals surface area contributed by atoms with E-state index >= 15 is 0 Å². The minimum Gasteiger partial charge on any atom is -0.422 e. The molecule has 1 heterocycles. The summed E-state index contributed by atoms with van der Waals surface area (Å²) < 4.78 is 18.4. The van der Waals surface area contributed by atoms with Gasteiger partial charge in [0.15, 0.2) is 0 Å². The summed E-state index contributed by atoms with van der Waals surface area (Å²) in [4.78, 5) is 36.1. The summed E-state index contributed by atoms with van der Waals surface area (Å²) in [6.07, 6.45) is 1.28. The van der Waals surface area contributed by atoms with Crippen LogP contribution in [-0.2, 0) is 9.59 Å². The molecule has 0 saturated heterocycles. The van der Waals surface area contributed by atoms with Gasteiger partial charge in [0.05, 0.1) is 11.2 Å². The van der Waals surface area contributed by atoms with Crippen molar-refractivity contribution in [3.05, 3.63) is 81.3 Å². The van der Waals surface area contributed by atoms with Gasteiger partial charge in [0.25, 0.3) is 0 Å². The van der Waals surface area contributed by atoms with Gasteiger partial charge in [-0.15, -0.1) is 11.3 Å². The molecule has 0 aliphatic rings. The average Bonchev–Trinajstić information content (AvgIpc) is 3.26. The Kier molecular flexibility index (Phi) is 6.89. The second-order valence-electron chi connectivity index (χ2n) is 5.72. The number of hydrogen-bond acceptors (Lipinski definition) is 6. The van der Waals surface area contributed by atoms with Crippen LogP contribution in [0.1, 0.15) is 15.2 Å². The zero-order valence-corrected chi connectivity index (χ0v) is 16.7. The topological polar surface area (TPSA) is 96.9 Å². The van der Waals surface area contributed by atoms with Crippen molar-refractivity contribution < 1.29 is 23.5 Å². The van der Waals surface area contributed by atoms with Gasteiger partial charge in [0, 0.05) is 5.69 Å². The lowest BCUT2D eigenvalue weighted by Gasteiger charge is -2.05. The smallest absolute Gasteiger partial charge is 0.353 e. The van der Waals surface area contributed by atoms with Gasteiger partial charge in [-0.1, -0.05) is 29.8 Å². The van der Waals surface area contributed by atoms with Crippen molar-refractivity contribution in [3.63, 3.8) is 0 Å². The number of hydrazone groups is 1. The summed E-state index contributed by atoms with van der Waals surface area (Å²) in [5.74, 6) is -2.87. The molecule has 0 radical (unpaired) electrons. The largest absolute Gasteiger partial charge is 0.422 e. The fourth-order valence-electron chi connectivity index (χ4n) is 2.19. The molecule has 7 nitrogen and oxygen atoms in total. The van der Waals surface area contributed by atoms with Crippen LogP contribution in [0.4, 0.5) is 10.1 Å². The van der Waals surface area contributed by atoms with Crippen molar-refractivity contribution in [2.24, 2.45) is 5.10 Å². The predicted molar refractivity (Wildman–Crippen MR) is 111 cm³/mol. The van der Waals surface area contributed by atoms with Crippen LogP contribution in [-0.4, -0.2) is 24.0 Å². The number of thiophene rings is 1. The third-order valence-electron chi connectivity index (χ3n) is 3.55. The molecule has 2 N–H and O–H groups in total. The third-order valence-corrected chi connectivity index (χ3v) is 4.69. The Balaban J connectivity index is 1.55. The highest BCUT2D eigenvalue weighted by atomic mass is 35.5. The molecule has 2 aromatic carbocycles. The second-order valence-corrected chi connectivity index (χ2v) is 7.08. The molecule has 0 spiro atoms. The number of halogens is 2. The number of nitrogens with zero attached hydrogens (tertiary/aromatic N) is 1. The molecule has 2 amide bonds. The van der Waals surface area contributed by atoms with E-state index in [1.165, 1.54) is 29.7 Å². The van der Waals surface area contributed by atoms with Crippen molar-refractivity contribution in [2.75, 3.05) is 5.32 Å². The first-order valence-electron chi connectivity index (χ1n) is 8.37. The molecule has 1 aromatic heterocycles. The molecule has 0 aliphatic heterocycles. The highest BCUT2D eigenvalue weighted by Gasteiger charge is 2.14. The Morgan fingerprint density at radius 2 is 1.90 bits per heavy atom. The van der Waals surface area contributed by atoms with E-state index < -0.39 is 23.6 Å². The number of benzene rings is 2. The summed E-state index contributed by atoms with van der Waals surface area (Å²) in [6, 6.07) is 13.3. The first-order chi connectivity index (χ1) is 14.4. The number of anilines is 1. The highest BCUT2D eigenvalue weighted by Crippen LogP contribution is 2.19. The number of carbonyl (C=O) groups is 3. The van der Waals surface area contributed by atoms with E-state index in [-0.39, 0.29) is 10.7 Å². The molecule has 0 atom stereocenters. The van der Waals surface area contributed by atoms with Crippen molar-refractivity contribution in [3.8, 4) is 5.75 Å². The van der Waals surface area contributed by atoms with Crippen LogP contribution in [0.15, 0.2) is 65.1 Å². The Morgan fingerprint density at radius 3 is 2.63 bits per heavy atom. The fourth-order valence-corrected chi connectivity index (χ4v) is 2.97. The van der Waals surface area contributed by atoms with E-state index in [2.05, 4.69) is 15.8 Å². The van der Waals surface area contributed by atoms with Crippen LogP contribution in [0, 0.1) is 5.82 Å². The highest BCUT2D eigenvalue weighted by molar-refractivity contribution is 7.12. The maximum atomic E-state index is 13.1. The third kappa shape index (κ3) is 5.72. The molecule has 0 fully saturated rings. The molecule has 10 heteroatoms. The van der Waals surface area contributed by atoms with Crippen LogP contribution in [0.5, 0.6) is 5.75 Å². The van der Waals surface area contributed by atoms with Gasteiger partial charge in [-0.05, 0) is 47.3 Å². The molecule has 0 unspecified atom stereocenters. The van der Waals surface area contributed by atoms with E-state index in [1.807, 2.05) is 0 Å². The van der Waals surface area contributed by atoms with Gasteiger partial charge >= 0.3 is 17.8 Å². The maximum Gasteiger partial charge on any atom is 0.353 e. The van der Waals surface area contributed by atoms with Crippen LogP contribution < -0.4 is 15.5 Å². The van der Waals surface area contributed by atoms with E-state index in [0.29, 0.717) is 16.2 Å². The van der Waals surface area contributed by atoms with E-state index in [9.17, 15) is 18.8 Å². The SMILES string of the molecule is O=C(N/N=C/c1cccc(OC(=O)c2cccs2)c1)C(=O)Nc1ccc(F)c(Cl)c1. The normalized spacial score (nSPS) is 10.6. The molecule has 0 saturated carbocycles. The Hall–Kier alpha value is -3.56. The molecule has 0 aliphatic carbocycles. The van der Waals surface area contributed by atoms with Crippen LogP contribution in [0.2, 0.25) is 5.02 Å². The van der Waals surface area contributed by atoms with Gasteiger partial charge in [-0.25, -0.2) is 14.6 Å². The first-order valence-corrected chi connectivity index (χ1v) is 9.63. The number of carbonyl (C=O) groups excluding carboxylic acids is 3. The lowest BCUT2D eigenvalue weighted by molar-refractivity contribution is -0.136. The summed E-state index contributed by atoms with van der Waals surface area (Å²) in [5.41, 5.74) is 2.75. The van der Waals surface area contributed by atoms with Crippen LogP contribution in [0.3, 0.4) is 0 Å². The Bertz CT molecular complexity index is 1120. The van der Waals surface area contributed by atoms with Crippen molar-refractivity contribution in [1.82, 2.24) is 5.43 Å². The molecule has 0 bridgehead atoms. The zero-order chi connectivity index (χ0) is 21.5. The number of ether oxygens (including phenoxy) is 1. The van der Waals surface area contributed by atoms with Crippen molar-refractivity contribution >= 4 is 52.6 Å². The maximum absolute atomic E-state index is 13.1. The van der Waals surface area contributed by atoms with Crippen molar-refractivity contribution in [2.45, 2.75) is 0 Å². The molecule has 152 valence electrons. The Labute approximate surface area is 179 Å². The molecule has 30 heavy (non-hydrogen) atoms. The van der Waals surface area contributed by atoms with Gasteiger partial charge in [-0.3, -0.25) is 9.59 Å². The van der Waals surface area contributed by atoms with Gasteiger partial charge in [0.1, 0.15) is 16.4 Å². The van der Waals surface area contributed by atoms with E-state index in [1.54, 1.807) is 41.8 Å². The molecule has 3 aromatic rings. The quantitative estimate of drug-likeness (QED) is 0.205. The summed E-state index contributed by atoms with van der Waals surface area (Å²) in [6.45, 7) is 0. The monoisotopic (exact) mass is 445 g/mol. The van der Waals surface area contributed by atoms with Crippen LogP contribution in [0.25, 0.3) is 0 Å². The zero-order valence-electron chi connectivity index (χ0n) is 15.1. The molecular formula is C20H13ClFN3O4S. The number of nitrogens with one attached hydrogen (secondary N) is 2. The lowest BCUT2D eigenvalue weighted by Crippen LogP contribution is -2.32. The summed E-state index contributed by atoms with van der Waals surface area (Å²) >= 11 is 6.88. The predicted octanol–water partition coefficient (Wildman–Crippen LogP) is 3.85. The number of amides is 2. The summed E-state index contributed by atoms with van der Waals surface area (Å²) in [5, 5.41) is 7.54. The lowest BCUT2D eigenvalue weighted by atomic mass is 10.2. The van der Waals surface area contributed by atoms with Gasteiger partial charge < -0.3 is 10.1 Å². The standard InChI is InChI=1S/C20H13ClFN3O4S/c21-15-10-13(6-7-16(15)22)24-18(26)19(27)25-23-11-12-3-1-4-14(9-12)29-20(28)17-5-2-8-30-17/h1-11H,(H,24,26)(H,25,27)/b23-11+. The van der Waals surface area contributed by atoms with E-state index in [0.717, 1.165) is 6.07 Å². The molecule has 3 rings (SSSR count).